The van der Waals surface area contributed by atoms with E-state index in [-0.39, 0.29) is 5.91 Å². The fourth-order valence-electron chi connectivity index (χ4n) is 2.17. The van der Waals surface area contributed by atoms with E-state index in [1.165, 1.54) is 0 Å². The summed E-state index contributed by atoms with van der Waals surface area (Å²) in [6.45, 7) is 6.50. The van der Waals surface area contributed by atoms with Crippen molar-refractivity contribution in [1.82, 2.24) is 4.90 Å². The second kappa shape index (κ2) is 6.84. The highest BCUT2D eigenvalue weighted by Gasteiger charge is 2.21. The van der Waals surface area contributed by atoms with Crippen LogP contribution in [0.3, 0.4) is 0 Å². The van der Waals surface area contributed by atoms with E-state index in [2.05, 4.69) is 6.92 Å². The van der Waals surface area contributed by atoms with Gasteiger partial charge in [0.1, 0.15) is 13.2 Å². The lowest BCUT2D eigenvalue weighted by Crippen LogP contribution is -2.31. The van der Waals surface area contributed by atoms with Gasteiger partial charge in [-0.05, 0) is 25.5 Å². The lowest BCUT2D eigenvalue weighted by Gasteiger charge is -2.23. The van der Waals surface area contributed by atoms with Crippen molar-refractivity contribution in [3.05, 3.63) is 22.7 Å². The third-order valence-electron chi connectivity index (χ3n) is 3.29. The maximum atomic E-state index is 12.5. The highest BCUT2D eigenvalue weighted by Crippen LogP contribution is 2.38. The van der Waals surface area contributed by atoms with E-state index in [4.69, 9.17) is 21.1 Å². The zero-order valence-electron chi connectivity index (χ0n) is 11.9. The number of hydrogen-bond acceptors (Lipinski definition) is 3. The first-order valence-electron chi connectivity index (χ1n) is 7.05. The van der Waals surface area contributed by atoms with Crippen molar-refractivity contribution in [2.45, 2.75) is 26.7 Å². The minimum Gasteiger partial charge on any atom is -0.486 e. The Morgan fingerprint density at radius 2 is 2.05 bits per heavy atom. The molecular weight excluding hydrogens is 278 g/mol. The molecule has 0 spiro atoms. The second-order valence-corrected chi connectivity index (χ2v) is 5.13. The number of nitrogens with zero attached hydrogens (tertiary/aromatic N) is 1. The number of carbonyl (C=O) groups is 1. The van der Waals surface area contributed by atoms with Gasteiger partial charge in [0.2, 0.25) is 0 Å². The third kappa shape index (κ3) is 3.18. The van der Waals surface area contributed by atoms with E-state index in [0.29, 0.717) is 41.8 Å². The van der Waals surface area contributed by atoms with Gasteiger partial charge in [-0.1, -0.05) is 24.9 Å². The molecule has 1 amide bonds. The van der Waals surface area contributed by atoms with Crippen LogP contribution in [-0.2, 0) is 0 Å². The number of fused-ring (bicyclic) bond motifs is 1. The molecule has 0 saturated carbocycles. The molecule has 1 aromatic carbocycles. The van der Waals surface area contributed by atoms with Gasteiger partial charge in [0.15, 0.2) is 11.5 Å². The van der Waals surface area contributed by atoms with Crippen LogP contribution in [-0.4, -0.2) is 37.1 Å². The highest BCUT2D eigenvalue weighted by atomic mass is 35.5. The van der Waals surface area contributed by atoms with Crippen LogP contribution < -0.4 is 9.47 Å². The summed E-state index contributed by atoms with van der Waals surface area (Å²) in [7, 11) is 0. The summed E-state index contributed by atoms with van der Waals surface area (Å²) in [5.74, 6) is 1.07. The predicted molar refractivity (Wildman–Crippen MR) is 78.9 cm³/mol. The molecule has 0 N–H and O–H groups in total. The first kappa shape index (κ1) is 15.0. The Kier molecular flexibility index (Phi) is 5.12. The monoisotopic (exact) mass is 297 g/mol. The summed E-state index contributed by atoms with van der Waals surface area (Å²) in [6.07, 6.45) is 2.06. The molecule has 0 unspecified atom stereocenters. The maximum Gasteiger partial charge on any atom is 0.254 e. The topological polar surface area (TPSA) is 38.8 Å². The Morgan fingerprint density at radius 1 is 1.30 bits per heavy atom. The largest absolute Gasteiger partial charge is 0.486 e. The van der Waals surface area contributed by atoms with Crippen molar-refractivity contribution in [1.29, 1.82) is 0 Å². The molecule has 0 atom stereocenters. The number of carbonyl (C=O) groups excluding carboxylic acids is 1. The van der Waals surface area contributed by atoms with E-state index in [0.717, 1.165) is 19.4 Å². The molecule has 5 heteroatoms. The van der Waals surface area contributed by atoms with E-state index in [1.54, 1.807) is 12.1 Å². The van der Waals surface area contributed by atoms with Crippen LogP contribution in [0.25, 0.3) is 0 Å². The third-order valence-corrected chi connectivity index (χ3v) is 3.58. The van der Waals surface area contributed by atoms with Gasteiger partial charge in [-0.15, -0.1) is 0 Å². The van der Waals surface area contributed by atoms with Gasteiger partial charge < -0.3 is 14.4 Å². The van der Waals surface area contributed by atoms with Gasteiger partial charge in [-0.2, -0.15) is 0 Å². The van der Waals surface area contributed by atoms with E-state index in [9.17, 15) is 4.79 Å². The predicted octanol–water partition coefficient (Wildman–Crippen LogP) is 3.37. The second-order valence-electron chi connectivity index (χ2n) is 4.72. The van der Waals surface area contributed by atoms with Crippen LogP contribution in [0.15, 0.2) is 12.1 Å². The van der Waals surface area contributed by atoms with E-state index in [1.807, 2.05) is 11.8 Å². The number of hydrogen-bond donors (Lipinski definition) is 0. The van der Waals surface area contributed by atoms with Gasteiger partial charge in [-0.3, -0.25) is 4.79 Å². The number of unbranched alkanes of at least 4 members (excludes halogenated alkanes) is 1. The fraction of sp³-hybridized carbons (Fsp3) is 0.533. The summed E-state index contributed by atoms with van der Waals surface area (Å²) in [6, 6.07) is 3.38. The molecule has 4 nitrogen and oxygen atoms in total. The molecular formula is C15H20ClNO3. The average Bonchev–Trinajstić information content (AvgIpc) is 2.47. The van der Waals surface area contributed by atoms with Crippen LogP contribution in [0.4, 0.5) is 0 Å². The molecule has 110 valence electrons. The van der Waals surface area contributed by atoms with Gasteiger partial charge in [0, 0.05) is 18.7 Å². The van der Waals surface area contributed by atoms with Crippen LogP contribution in [0.1, 0.15) is 37.0 Å². The molecule has 0 fully saturated rings. The highest BCUT2D eigenvalue weighted by molar-refractivity contribution is 6.32. The minimum absolute atomic E-state index is 0.0141. The van der Waals surface area contributed by atoms with Crippen LogP contribution >= 0.6 is 11.6 Å². The Morgan fingerprint density at radius 3 is 2.75 bits per heavy atom. The molecule has 0 aliphatic carbocycles. The van der Waals surface area contributed by atoms with Gasteiger partial charge >= 0.3 is 0 Å². The summed E-state index contributed by atoms with van der Waals surface area (Å²) >= 11 is 6.17. The van der Waals surface area contributed by atoms with Crippen molar-refractivity contribution >= 4 is 17.5 Å². The van der Waals surface area contributed by atoms with Gasteiger partial charge in [-0.25, -0.2) is 0 Å². The first-order chi connectivity index (χ1) is 9.67. The van der Waals surface area contributed by atoms with Crippen LogP contribution in [0, 0.1) is 0 Å². The van der Waals surface area contributed by atoms with Crippen molar-refractivity contribution < 1.29 is 14.3 Å². The normalized spacial score (nSPS) is 13.2. The Hall–Kier alpha value is -1.42. The lowest BCUT2D eigenvalue weighted by molar-refractivity contribution is 0.0761. The lowest BCUT2D eigenvalue weighted by atomic mass is 10.1. The molecule has 1 aromatic rings. The van der Waals surface area contributed by atoms with Crippen molar-refractivity contribution in [3.63, 3.8) is 0 Å². The quantitative estimate of drug-likeness (QED) is 0.836. The number of halogens is 1. The molecule has 1 aliphatic heterocycles. The standard InChI is InChI=1S/C15H20ClNO3/c1-3-5-6-17(4-2)15(18)11-9-12(16)14-13(10-11)19-7-8-20-14/h9-10H,3-8H2,1-2H3. The number of ether oxygens (including phenoxy) is 2. The summed E-state index contributed by atoms with van der Waals surface area (Å²) in [5, 5.41) is 0.428. The fourth-order valence-corrected chi connectivity index (χ4v) is 2.43. The first-order valence-corrected chi connectivity index (χ1v) is 7.43. The molecule has 1 heterocycles. The molecule has 0 saturated heterocycles. The molecule has 0 radical (unpaired) electrons. The number of amides is 1. The van der Waals surface area contributed by atoms with Crippen LogP contribution in [0.2, 0.25) is 5.02 Å². The Bertz CT molecular complexity index is 490. The van der Waals surface area contributed by atoms with E-state index < -0.39 is 0 Å². The molecule has 2 rings (SSSR count). The van der Waals surface area contributed by atoms with Crippen LogP contribution in [0.5, 0.6) is 11.5 Å². The zero-order valence-corrected chi connectivity index (χ0v) is 12.7. The summed E-state index contributed by atoms with van der Waals surface area (Å²) < 4.78 is 11.0. The van der Waals surface area contributed by atoms with E-state index >= 15 is 0 Å². The molecule has 0 bridgehead atoms. The number of benzene rings is 1. The van der Waals surface area contributed by atoms with Crippen molar-refractivity contribution in [2.75, 3.05) is 26.3 Å². The van der Waals surface area contributed by atoms with Gasteiger partial charge in [0.25, 0.3) is 5.91 Å². The molecule has 20 heavy (non-hydrogen) atoms. The van der Waals surface area contributed by atoms with Gasteiger partial charge in [0.05, 0.1) is 5.02 Å². The number of rotatable bonds is 5. The summed E-state index contributed by atoms with van der Waals surface area (Å²) in [5.41, 5.74) is 0.553. The minimum atomic E-state index is -0.0141. The smallest absolute Gasteiger partial charge is 0.254 e. The average molecular weight is 298 g/mol. The Labute approximate surface area is 124 Å². The molecule has 1 aliphatic rings. The molecule has 0 aromatic heterocycles. The van der Waals surface area contributed by atoms with Crippen molar-refractivity contribution in [2.24, 2.45) is 0 Å². The zero-order chi connectivity index (χ0) is 14.5. The van der Waals surface area contributed by atoms with Crippen molar-refractivity contribution in [3.8, 4) is 11.5 Å². The Balaban J connectivity index is 2.23. The maximum absolute atomic E-state index is 12.5. The SMILES string of the molecule is CCCCN(CC)C(=O)c1cc(Cl)c2c(c1)OCCO2. The summed E-state index contributed by atoms with van der Waals surface area (Å²) in [4.78, 5) is 14.3.